The van der Waals surface area contributed by atoms with Gasteiger partial charge in [0.05, 0.1) is 69.8 Å². The fourth-order valence-electron chi connectivity index (χ4n) is 6.60. The second-order valence-corrected chi connectivity index (χ2v) is 12.4. The zero-order chi connectivity index (χ0) is 34.3. The van der Waals surface area contributed by atoms with Gasteiger partial charge >= 0.3 is 0 Å². The van der Waals surface area contributed by atoms with Crippen LogP contribution in [-0.2, 0) is 31.3 Å². The van der Waals surface area contributed by atoms with Crippen LogP contribution < -0.4 is 14.2 Å². The van der Waals surface area contributed by atoms with Gasteiger partial charge in [-0.3, -0.25) is 9.79 Å². The maximum Gasteiger partial charge on any atom is 0.256 e. The molecule has 4 N–H and O–H groups in total. The van der Waals surface area contributed by atoms with Crippen molar-refractivity contribution in [3.8, 4) is 17.2 Å². The highest BCUT2D eigenvalue weighted by Crippen LogP contribution is 2.36. The number of aliphatic imine (C=N–C) groups is 1. The third-order valence-corrected chi connectivity index (χ3v) is 9.32. The molecule has 2 atom stereocenters. The number of ether oxygens (including phenoxy) is 3. The maximum atomic E-state index is 13.1. The molecule has 0 aliphatic carbocycles. The number of carbonyl (C=O) groups excluding carboxylic acids is 1. The largest absolute Gasteiger partial charge is 0.493 e. The third kappa shape index (κ3) is 7.42. The van der Waals surface area contributed by atoms with Crippen molar-refractivity contribution in [2.75, 3.05) is 26.9 Å². The van der Waals surface area contributed by atoms with Crippen LogP contribution in [0.4, 0.5) is 5.69 Å². The first-order valence-electron chi connectivity index (χ1n) is 16.7. The summed E-state index contributed by atoms with van der Waals surface area (Å²) in [6, 6.07) is 12.7. The molecule has 12 nitrogen and oxygen atoms in total. The number of fused-ring (bicyclic) bond motifs is 2. The number of aliphatic hydroxyl groups is 4. The van der Waals surface area contributed by atoms with E-state index < -0.39 is 6.10 Å². The molecule has 3 aromatic rings. The lowest BCUT2D eigenvalue weighted by atomic mass is 9.93. The topological polar surface area (TPSA) is 163 Å². The number of nitrogens with zero attached hydrogens (tertiary/aromatic N) is 3. The summed E-state index contributed by atoms with van der Waals surface area (Å²) < 4.78 is 17.7. The summed E-state index contributed by atoms with van der Waals surface area (Å²) >= 11 is 0. The highest BCUT2D eigenvalue weighted by atomic mass is 16.6. The van der Waals surface area contributed by atoms with Gasteiger partial charge < -0.3 is 44.4 Å². The van der Waals surface area contributed by atoms with E-state index in [-0.39, 0.29) is 38.4 Å². The highest BCUT2D eigenvalue weighted by Gasteiger charge is 2.32. The molecule has 12 heteroatoms. The molecule has 0 spiro atoms. The molecule has 0 bridgehead atoms. The Morgan fingerprint density at radius 2 is 1.59 bits per heavy atom. The summed E-state index contributed by atoms with van der Waals surface area (Å²) in [6.07, 6.45) is 6.25. The van der Waals surface area contributed by atoms with Crippen molar-refractivity contribution in [1.82, 2.24) is 4.90 Å². The molecule has 3 aliphatic heterocycles. The molecule has 0 radical (unpaired) electrons. The first kappa shape index (κ1) is 34.4. The molecule has 49 heavy (non-hydrogen) atoms. The van der Waals surface area contributed by atoms with Gasteiger partial charge in [0.25, 0.3) is 5.91 Å². The van der Waals surface area contributed by atoms with E-state index in [0.29, 0.717) is 70.4 Å². The molecule has 1 amide bonds. The Labute approximate surface area is 285 Å². The van der Waals surface area contributed by atoms with Gasteiger partial charge in [0.15, 0.2) is 17.6 Å². The van der Waals surface area contributed by atoms with E-state index in [1.807, 2.05) is 29.3 Å². The van der Waals surface area contributed by atoms with Gasteiger partial charge in [-0.1, -0.05) is 5.16 Å². The van der Waals surface area contributed by atoms with Crippen LogP contribution in [0.1, 0.15) is 88.4 Å². The number of amides is 1. The quantitative estimate of drug-likeness (QED) is 0.171. The number of carbonyl (C=O) groups is 1. The van der Waals surface area contributed by atoms with E-state index >= 15 is 0 Å². The molecule has 3 aliphatic rings. The maximum absolute atomic E-state index is 13.1. The Hall–Kier alpha value is -4.49. The van der Waals surface area contributed by atoms with Crippen molar-refractivity contribution in [2.24, 2.45) is 10.1 Å². The van der Waals surface area contributed by atoms with Crippen LogP contribution in [0.15, 0.2) is 52.6 Å². The van der Waals surface area contributed by atoms with E-state index in [1.165, 1.54) is 0 Å². The number of unbranched alkanes of at least 4 members (excludes halogenated alkanes) is 2. The smallest absolute Gasteiger partial charge is 0.256 e. The Kier molecular flexibility index (Phi) is 11.1. The first-order valence-corrected chi connectivity index (χ1v) is 16.7. The van der Waals surface area contributed by atoms with E-state index in [9.17, 15) is 25.2 Å². The van der Waals surface area contributed by atoms with Crippen LogP contribution in [0.25, 0.3) is 0 Å². The van der Waals surface area contributed by atoms with Crippen LogP contribution in [0, 0.1) is 0 Å². The van der Waals surface area contributed by atoms with Gasteiger partial charge in [-0.15, -0.1) is 0 Å². The standard InChI is InChI=1S/C37H43N3O9/c1-46-36-15-23(31-16-35(49-39-31)24-12-25(19-41)30(22-44)26(13-24)20-42)7-8-33(36)47-10-3-2-4-11-48-34-17-32-29(14-27(34)21-43)37(45)40-9-5-6-28(40)18-38-32/h7-8,12-15,17-18,28,35,41-44H,2-6,9-11,16,19-22H2,1H3/t28-,35?/m0/s1. The molecule has 0 aromatic heterocycles. The molecule has 0 saturated carbocycles. The summed E-state index contributed by atoms with van der Waals surface area (Å²) in [5.41, 5.74) is 5.60. The second-order valence-electron chi connectivity index (χ2n) is 12.4. The molecule has 3 heterocycles. The van der Waals surface area contributed by atoms with Crippen molar-refractivity contribution >= 4 is 23.5 Å². The van der Waals surface area contributed by atoms with Crippen LogP contribution in [0.3, 0.4) is 0 Å². The number of oxime groups is 1. The molecule has 3 aromatic carbocycles. The number of hydrogen-bond acceptors (Lipinski definition) is 11. The molecule has 6 rings (SSSR count). The Balaban J connectivity index is 0.981. The average molecular weight is 674 g/mol. The monoisotopic (exact) mass is 673 g/mol. The predicted octanol–water partition coefficient (Wildman–Crippen LogP) is 4.48. The zero-order valence-corrected chi connectivity index (χ0v) is 27.6. The predicted molar refractivity (Wildman–Crippen MR) is 182 cm³/mol. The molecule has 1 fully saturated rings. The minimum atomic E-state index is -0.396. The summed E-state index contributed by atoms with van der Waals surface area (Å²) in [5, 5.41) is 43.5. The second kappa shape index (κ2) is 15.8. The average Bonchev–Trinajstić information content (AvgIpc) is 3.81. The molecular formula is C37H43N3O9. The van der Waals surface area contributed by atoms with Crippen molar-refractivity contribution in [2.45, 2.75) is 77.1 Å². The third-order valence-electron chi connectivity index (χ3n) is 9.32. The summed E-state index contributed by atoms with van der Waals surface area (Å²) in [6.45, 7) is 0.642. The van der Waals surface area contributed by atoms with Gasteiger partial charge in [0.1, 0.15) is 5.75 Å². The van der Waals surface area contributed by atoms with E-state index in [0.717, 1.165) is 55.5 Å². The molecule has 1 saturated heterocycles. The first-order chi connectivity index (χ1) is 24.0. The van der Waals surface area contributed by atoms with Crippen LogP contribution >= 0.6 is 0 Å². The van der Waals surface area contributed by atoms with Gasteiger partial charge in [0.2, 0.25) is 0 Å². The Morgan fingerprint density at radius 3 is 2.29 bits per heavy atom. The minimum absolute atomic E-state index is 0.0263. The number of methoxy groups -OCH3 is 1. The number of rotatable bonds is 15. The van der Waals surface area contributed by atoms with Crippen molar-refractivity contribution in [3.63, 3.8) is 0 Å². The van der Waals surface area contributed by atoms with E-state index in [2.05, 4.69) is 10.1 Å². The van der Waals surface area contributed by atoms with Crippen LogP contribution in [0.5, 0.6) is 17.2 Å². The Morgan fingerprint density at radius 1 is 0.857 bits per heavy atom. The number of aliphatic hydroxyl groups excluding tert-OH is 4. The molecule has 260 valence electrons. The van der Waals surface area contributed by atoms with Crippen molar-refractivity contribution < 1.29 is 44.3 Å². The molecule has 1 unspecified atom stereocenters. The normalized spacial score (nSPS) is 18.1. The van der Waals surface area contributed by atoms with Crippen molar-refractivity contribution in [1.29, 1.82) is 0 Å². The summed E-state index contributed by atoms with van der Waals surface area (Å²) in [4.78, 5) is 25.2. The minimum Gasteiger partial charge on any atom is -0.493 e. The lowest BCUT2D eigenvalue weighted by molar-refractivity contribution is 0.0774. The Bertz CT molecular complexity index is 1700. The number of benzene rings is 3. The summed E-state index contributed by atoms with van der Waals surface area (Å²) in [7, 11) is 1.59. The SMILES string of the molecule is COc1cc(C2=NOC(c3cc(CO)c(CO)c(CO)c3)C2)ccc1OCCCCCOc1cc2c(cc1CO)C(=O)N1CCC[C@H]1C=N2. The number of hydrogen-bond donors (Lipinski definition) is 4. The van der Waals surface area contributed by atoms with Gasteiger partial charge in [-0.25, -0.2) is 0 Å². The fraction of sp³-hybridized carbons (Fsp3) is 0.432. The van der Waals surface area contributed by atoms with Gasteiger partial charge in [-0.05, 0) is 90.8 Å². The van der Waals surface area contributed by atoms with Crippen molar-refractivity contribution in [3.05, 3.63) is 81.4 Å². The van der Waals surface area contributed by atoms with Crippen LogP contribution in [0.2, 0.25) is 0 Å². The fourth-order valence-corrected chi connectivity index (χ4v) is 6.60. The van der Waals surface area contributed by atoms with Gasteiger partial charge in [0, 0.05) is 36.4 Å². The summed E-state index contributed by atoms with van der Waals surface area (Å²) in [5.74, 6) is 1.69. The zero-order valence-electron chi connectivity index (χ0n) is 27.6. The highest BCUT2D eigenvalue weighted by molar-refractivity contribution is 6.03. The lowest BCUT2D eigenvalue weighted by Crippen LogP contribution is -2.35. The molecular weight excluding hydrogens is 630 g/mol. The van der Waals surface area contributed by atoms with E-state index in [4.69, 9.17) is 19.0 Å². The van der Waals surface area contributed by atoms with Gasteiger partial charge in [-0.2, -0.15) is 0 Å². The van der Waals surface area contributed by atoms with E-state index in [1.54, 1.807) is 31.4 Å². The lowest BCUT2D eigenvalue weighted by Gasteiger charge is -2.20. The van der Waals surface area contributed by atoms with Crippen LogP contribution in [-0.4, -0.2) is 76.1 Å².